The maximum atomic E-state index is 13.2. The average Bonchev–Trinajstić information content (AvgIpc) is 3.26. The molecular formula is C21H25N5O3S. The van der Waals surface area contributed by atoms with Gasteiger partial charge in [-0.25, -0.2) is 4.68 Å². The third-order valence-electron chi connectivity index (χ3n) is 5.00. The smallest absolute Gasteiger partial charge is 0.276 e. The minimum Gasteiger partial charge on any atom is -0.391 e. The number of β-amino-alcohol motifs (C(OH)–C–C–N with tert-alkyl or cyclic N) is 1. The van der Waals surface area contributed by atoms with Gasteiger partial charge in [-0.1, -0.05) is 29.5 Å². The van der Waals surface area contributed by atoms with Crippen molar-refractivity contribution in [1.29, 1.82) is 0 Å². The van der Waals surface area contributed by atoms with Gasteiger partial charge in [-0.2, -0.15) is 10.1 Å². The number of benzene rings is 1. The first kappa shape index (κ1) is 20.5. The lowest BCUT2D eigenvalue weighted by molar-refractivity contribution is 0.0469. The lowest BCUT2D eigenvalue weighted by atomic mass is 10.1. The van der Waals surface area contributed by atoms with Crippen LogP contribution in [-0.2, 0) is 5.54 Å². The zero-order chi connectivity index (χ0) is 21.5. The molecule has 1 aliphatic rings. The topological polar surface area (TPSA) is 100 Å². The molecule has 9 heteroatoms. The molecule has 30 heavy (non-hydrogen) atoms. The molecule has 0 saturated carbocycles. The van der Waals surface area contributed by atoms with Crippen LogP contribution in [-0.4, -0.2) is 55.8 Å². The standard InChI is InChI=1S/C21H25N5O3S/c1-21(2,3)26-17-16(15(24-26)19(29)25-11-7-10-14(27)12-25)30-20(22-17)23-18(28)13-8-5-4-6-9-13/h4-6,8-9,14,27H,7,10-12H2,1-3H3,(H,22,23,28). The largest absolute Gasteiger partial charge is 0.391 e. The van der Waals surface area contributed by atoms with E-state index in [1.807, 2.05) is 26.8 Å². The fourth-order valence-electron chi connectivity index (χ4n) is 3.51. The molecule has 1 fully saturated rings. The number of aliphatic hydroxyl groups excluding tert-OH is 1. The van der Waals surface area contributed by atoms with E-state index < -0.39 is 11.6 Å². The molecule has 4 rings (SSSR count). The molecule has 1 saturated heterocycles. The van der Waals surface area contributed by atoms with Crippen LogP contribution in [0.4, 0.5) is 5.13 Å². The number of piperidine rings is 1. The Morgan fingerprint density at radius 1 is 1.23 bits per heavy atom. The third-order valence-corrected chi connectivity index (χ3v) is 5.97. The molecule has 2 N–H and O–H groups in total. The van der Waals surface area contributed by atoms with E-state index in [-0.39, 0.29) is 11.8 Å². The Morgan fingerprint density at radius 3 is 2.63 bits per heavy atom. The predicted octanol–water partition coefficient (Wildman–Crippen LogP) is 3.10. The zero-order valence-corrected chi connectivity index (χ0v) is 18.1. The number of anilines is 1. The summed E-state index contributed by atoms with van der Waals surface area (Å²) >= 11 is 1.24. The number of likely N-dealkylation sites (tertiary alicyclic amines) is 1. The number of nitrogens with one attached hydrogen (secondary N) is 1. The molecule has 2 aromatic heterocycles. The number of carbonyl (C=O) groups excluding carboxylic acids is 2. The van der Waals surface area contributed by atoms with Crippen molar-refractivity contribution >= 4 is 38.6 Å². The molecule has 0 radical (unpaired) electrons. The zero-order valence-electron chi connectivity index (χ0n) is 17.3. The van der Waals surface area contributed by atoms with Gasteiger partial charge in [0.1, 0.15) is 4.70 Å². The number of thiazole rings is 1. The van der Waals surface area contributed by atoms with Gasteiger partial charge in [0, 0.05) is 18.7 Å². The van der Waals surface area contributed by atoms with Gasteiger partial charge in [-0.3, -0.25) is 14.9 Å². The maximum Gasteiger partial charge on any atom is 0.276 e. The van der Waals surface area contributed by atoms with Crippen molar-refractivity contribution in [3.63, 3.8) is 0 Å². The first-order chi connectivity index (χ1) is 14.2. The van der Waals surface area contributed by atoms with Crippen molar-refractivity contribution in [3.8, 4) is 0 Å². The summed E-state index contributed by atoms with van der Waals surface area (Å²) in [4.78, 5) is 31.9. The van der Waals surface area contributed by atoms with E-state index in [0.29, 0.717) is 46.2 Å². The van der Waals surface area contributed by atoms with Gasteiger partial charge in [0.2, 0.25) is 0 Å². The van der Waals surface area contributed by atoms with Crippen molar-refractivity contribution in [3.05, 3.63) is 41.6 Å². The molecule has 1 unspecified atom stereocenters. The van der Waals surface area contributed by atoms with Crippen molar-refractivity contribution in [2.75, 3.05) is 18.4 Å². The van der Waals surface area contributed by atoms with Gasteiger partial charge < -0.3 is 10.0 Å². The normalized spacial score (nSPS) is 17.3. The number of aromatic nitrogens is 3. The summed E-state index contributed by atoms with van der Waals surface area (Å²) in [5.41, 5.74) is 1.02. The Balaban J connectivity index is 1.70. The van der Waals surface area contributed by atoms with Crippen LogP contribution in [0.25, 0.3) is 10.3 Å². The number of aliphatic hydroxyl groups is 1. The Kier molecular flexibility index (Phi) is 5.33. The highest BCUT2D eigenvalue weighted by molar-refractivity contribution is 7.22. The fourth-order valence-corrected chi connectivity index (χ4v) is 4.43. The molecule has 1 atom stereocenters. The molecule has 1 aliphatic heterocycles. The Hall–Kier alpha value is -2.78. The summed E-state index contributed by atoms with van der Waals surface area (Å²) in [6.07, 6.45) is 0.952. The SMILES string of the molecule is CC(C)(C)n1nc(C(=O)N2CCCC(O)C2)c2sc(NC(=O)c3ccccc3)nc21. The van der Waals surface area contributed by atoms with Gasteiger partial charge in [0.15, 0.2) is 16.5 Å². The number of rotatable bonds is 3. The van der Waals surface area contributed by atoms with E-state index in [1.54, 1.807) is 33.8 Å². The molecular weight excluding hydrogens is 402 g/mol. The number of amides is 2. The summed E-state index contributed by atoms with van der Waals surface area (Å²) in [6, 6.07) is 8.91. The lowest BCUT2D eigenvalue weighted by Crippen LogP contribution is -2.42. The van der Waals surface area contributed by atoms with Crippen LogP contribution in [0.5, 0.6) is 0 Å². The number of hydrogen-bond donors (Lipinski definition) is 2. The van der Waals surface area contributed by atoms with Crippen molar-refractivity contribution < 1.29 is 14.7 Å². The number of hydrogen-bond acceptors (Lipinski definition) is 6. The van der Waals surface area contributed by atoms with Crippen molar-refractivity contribution in [2.45, 2.75) is 45.3 Å². The Bertz CT molecular complexity index is 1080. The van der Waals surface area contributed by atoms with E-state index in [9.17, 15) is 14.7 Å². The molecule has 3 heterocycles. The van der Waals surface area contributed by atoms with E-state index in [2.05, 4.69) is 15.4 Å². The first-order valence-electron chi connectivity index (χ1n) is 9.98. The van der Waals surface area contributed by atoms with E-state index in [0.717, 1.165) is 6.42 Å². The molecule has 158 valence electrons. The van der Waals surface area contributed by atoms with Crippen molar-refractivity contribution in [1.82, 2.24) is 19.7 Å². The average molecular weight is 428 g/mol. The van der Waals surface area contributed by atoms with Crippen LogP contribution >= 0.6 is 11.3 Å². The molecule has 3 aromatic rings. The second-order valence-electron chi connectivity index (χ2n) is 8.47. The second kappa shape index (κ2) is 7.81. The third kappa shape index (κ3) is 3.95. The minimum atomic E-state index is -0.509. The molecule has 2 amide bonds. The van der Waals surface area contributed by atoms with Crippen LogP contribution in [0.1, 0.15) is 54.5 Å². The van der Waals surface area contributed by atoms with Crippen LogP contribution < -0.4 is 5.32 Å². The Morgan fingerprint density at radius 2 is 1.97 bits per heavy atom. The van der Waals surface area contributed by atoms with Crippen LogP contribution in [0.15, 0.2) is 30.3 Å². The molecule has 0 aliphatic carbocycles. The molecule has 0 bridgehead atoms. The summed E-state index contributed by atoms with van der Waals surface area (Å²) in [7, 11) is 0. The highest BCUT2D eigenvalue weighted by Crippen LogP contribution is 2.33. The van der Waals surface area contributed by atoms with Crippen molar-refractivity contribution in [2.24, 2.45) is 0 Å². The fraction of sp³-hybridized carbons (Fsp3) is 0.429. The summed E-state index contributed by atoms with van der Waals surface area (Å²) in [6.45, 7) is 6.86. The number of fused-ring (bicyclic) bond motifs is 1. The summed E-state index contributed by atoms with van der Waals surface area (Å²) in [5.74, 6) is -0.472. The van der Waals surface area contributed by atoms with Crippen LogP contribution in [0.3, 0.4) is 0 Å². The van der Waals surface area contributed by atoms with Gasteiger partial charge in [0.05, 0.1) is 11.6 Å². The maximum absolute atomic E-state index is 13.2. The minimum absolute atomic E-state index is 0.216. The molecule has 1 aromatic carbocycles. The summed E-state index contributed by atoms with van der Waals surface area (Å²) in [5, 5.41) is 17.8. The van der Waals surface area contributed by atoms with Gasteiger partial charge >= 0.3 is 0 Å². The monoisotopic (exact) mass is 427 g/mol. The number of carbonyl (C=O) groups is 2. The van der Waals surface area contributed by atoms with Gasteiger partial charge in [0.25, 0.3) is 11.8 Å². The quantitative estimate of drug-likeness (QED) is 0.669. The number of nitrogens with zero attached hydrogens (tertiary/aromatic N) is 4. The highest BCUT2D eigenvalue weighted by atomic mass is 32.1. The molecule has 8 nitrogen and oxygen atoms in total. The predicted molar refractivity (Wildman–Crippen MR) is 116 cm³/mol. The van der Waals surface area contributed by atoms with E-state index in [4.69, 9.17) is 0 Å². The second-order valence-corrected chi connectivity index (χ2v) is 9.47. The van der Waals surface area contributed by atoms with E-state index >= 15 is 0 Å². The highest BCUT2D eigenvalue weighted by Gasteiger charge is 2.31. The van der Waals surface area contributed by atoms with Gasteiger partial charge in [-0.15, -0.1) is 0 Å². The van der Waals surface area contributed by atoms with E-state index in [1.165, 1.54) is 11.3 Å². The Labute approximate surface area is 178 Å². The van der Waals surface area contributed by atoms with Gasteiger partial charge in [-0.05, 0) is 45.7 Å². The van der Waals surface area contributed by atoms with Crippen LogP contribution in [0.2, 0.25) is 0 Å². The summed E-state index contributed by atoms with van der Waals surface area (Å²) < 4.78 is 2.36. The lowest BCUT2D eigenvalue weighted by Gasteiger charge is -2.29. The first-order valence-corrected chi connectivity index (χ1v) is 10.8. The van der Waals surface area contributed by atoms with Crippen LogP contribution in [0, 0.1) is 0 Å². The molecule has 0 spiro atoms.